The minimum Gasteiger partial charge on any atom is -0.444 e. The smallest absolute Gasteiger partial charge is 0.410 e. The third-order valence-electron chi connectivity index (χ3n) is 2.33. The summed E-state index contributed by atoms with van der Waals surface area (Å²) in [7, 11) is 1.63. The highest BCUT2D eigenvalue weighted by molar-refractivity contribution is 5.95. The van der Waals surface area contributed by atoms with Crippen LogP contribution in [0.5, 0.6) is 0 Å². The van der Waals surface area contributed by atoms with E-state index in [2.05, 4.69) is 15.3 Å². The number of nitrogens with one attached hydrogen (secondary N) is 2. The van der Waals surface area contributed by atoms with Gasteiger partial charge < -0.3 is 25.7 Å². The van der Waals surface area contributed by atoms with Crippen LogP contribution in [0.3, 0.4) is 0 Å². The van der Waals surface area contributed by atoms with Gasteiger partial charge in [-0.25, -0.2) is 9.78 Å². The molecule has 0 unspecified atom stereocenters. The Balaban J connectivity index is 2.42. The minimum absolute atomic E-state index is 0.213. The Hall–Kier alpha value is -2.25. The van der Waals surface area contributed by atoms with Gasteiger partial charge in [0.1, 0.15) is 11.3 Å². The standard InChI is InChI=1S/C12H21N5O3/c1-12(2,3)20-11(19)17(4)6-5-14-10-8(9(13)18)15-7-16-10/h7,14H,5-6H2,1-4H3,(H2,13,18)(H,15,16). The summed E-state index contributed by atoms with van der Waals surface area (Å²) in [6.07, 6.45) is 0.969. The molecule has 0 aliphatic rings. The number of carbonyl (C=O) groups excluding carboxylic acids is 2. The van der Waals surface area contributed by atoms with Crippen molar-refractivity contribution in [3.8, 4) is 0 Å². The monoisotopic (exact) mass is 283 g/mol. The van der Waals surface area contributed by atoms with Crippen LogP contribution in [0.25, 0.3) is 0 Å². The fraction of sp³-hybridized carbons (Fsp3) is 0.583. The van der Waals surface area contributed by atoms with Crippen molar-refractivity contribution in [1.82, 2.24) is 14.9 Å². The van der Waals surface area contributed by atoms with E-state index in [-0.39, 0.29) is 5.69 Å². The Morgan fingerprint density at radius 1 is 1.50 bits per heavy atom. The highest BCUT2D eigenvalue weighted by Gasteiger charge is 2.19. The molecule has 0 atom stereocenters. The molecule has 0 aliphatic heterocycles. The Morgan fingerprint density at radius 3 is 2.70 bits per heavy atom. The molecule has 2 amide bonds. The number of hydrogen-bond acceptors (Lipinski definition) is 5. The van der Waals surface area contributed by atoms with Crippen LogP contribution < -0.4 is 11.1 Å². The van der Waals surface area contributed by atoms with Crippen molar-refractivity contribution in [3.05, 3.63) is 12.0 Å². The second-order valence-corrected chi connectivity index (χ2v) is 5.32. The molecule has 0 fully saturated rings. The molecule has 1 rings (SSSR count). The summed E-state index contributed by atoms with van der Waals surface area (Å²) in [4.78, 5) is 30.8. The van der Waals surface area contributed by atoms with Crippen LogP contribution in [-0.4, -0.2) is 52.6 Å². The van der Waals surface area contributed by atoms with E-state index in [1.807, 2.05) is 0 Å². The molecule has 1 aromatic rings. The molecule has 0 aromatic carbocycles. The van der Waals surface area contributed by atoms with Crippen molar-refractivity contribution in [2.24, 2.45) is 5.73 Å². The number of aromatic amines is 1. The van der Waals surface area contributed by atoms with E-state index < -0.39 is 17.6 Å². The van der Waals surface area contributed by atoms with E-state index in [0.29, 0.717) is 18.9 Å². The number of amides is 2. The summed E-state index contributed by atoms with van der Waals surface area (Å²) in [6, 6.07) is 0. The van der Waals surface area contributed by atoms with Crippen molar-refractivity contribution in [1.29, 1.82) is 0 Å². The minimum atomic E-state index is -0.592. The van der Waals surface area contributed by atoms with Crippen LogP contribution in [0.1, 0.15) is 31.3 Å². The number of primary amides is 1. The highest BCUT2D eigenvalue weighted by Crippen LogP contribution is 2.10. The summed E-state index contributed by atoms with van der Waals surface area (Å²) in [6.45, 7) is 6.24. The van der Waals surface area contributed by atoms with Crippen molar-refractivity contribution in [3.63, 3.8) is 0 Å². The fourth-order valence-electron chi connectivity index (χ4n) is 1.39. The van der Waals surface area contributed by atoms with E-state index in [4.69, 9.17) is 10.5 Å². The summed E-state index contributed by atoms with van der Waals surface area (Å²) >= 11 is 0. The van der Waals surface area contributed by atoms with Crippen LogP contribution in [-0.2, 0) is 4.74 Å². The molecule has 8 nitrogen and oxygen atoms in total. The number of likely N-dealkylation sites (N-methyl/N-ethyl adjacent to an activating group) is 1. The molecule has 112 valence electrons. The van der Waals surface area contributed by atoms with Crippen molar-refractivity contribution in [2.75, 3.05) is 25.5 Å². The number of ether oxygens (including phenoxy) is 1. The number of carbonyl (C=O) groups is 2. The van der Waals surface area contributed by atoms with Gasteiger partial charge >= 0.3 is 6.09 Å². The molecule has 0 saturated carbocycles. The highest BCUT2D eigenvalue weighted by atomic mass is 16.6. The predicted molar refractivity (Wildman–Crippen MR) is 74.5 cm³/mol. The van der Waals surface area contributed by atoms with Crippen molar-refractivity contribution >= 4 is 17.8 Å². The number of aromatic nitrogens is 2. The molecule has 0 saturated heterocycles. The molecule has 0 radical (unpaired) electrons. The summed E-state index contributed by atoms with van der Waals surface area (Å²) in [5.74, 6) is -0.222. The van der Waals surface area contributed by atoms with Gasteiger partial charge in [-0.15, -0.1) is 0 Å². The quantitative estimate of drug-likeness (QED) is 0.739. The average Bonchev–Trinajstić information content (AvgIpc) is 2.74. The van der Waals surface area contributed by atoms with Crippen LogP contribution >= 0.6 is 0 Å². The van der Waals surface area contributed by atoms with Gasteiger partial charge in [0.15, 0.2) is 5.82 Å². The predicted octanol–water partition coefficient (Wildman–Crippen LogP) is 0.787. The molecule has 1 aromatic heterocycles. The van der Waals surface area contributed by atoms with Crippen LogP contribution in [0, 0.1) is 0 Å². The number of hydrogen-bond donors (Lipinski definition) is 3. The van der Waals surface area contributed by atoms with Gasteiger partial charge in [-0.05, 0) is 20.8 Å². The van der Waals surface area contributed by atoms with Gasteiger partial charge in [0.05, 0.1) is 6.33 Å². The summed E-state index contributed by atoms with van der Waals surface area (Å²) in [5, 5.41) is 2.93. The fourth-order valence-corrected chi connectivity index (χ4v) is 1.39. The number of rotatable bonds is 5. The molecule has 1 heterocycles. The zero-order valence-electron chi connectivity index (χ0n) is 12.2. The second kappa shape index (κ2) is 6.27. The summed E-state index contributed by atoms with van der Waals surface area (Å²) in [5.41, 5.74) is 4.86. The molecule has 4 N–H and O–H groups in total. The lowest BCUT2D eigenvalue weighted by molar-refractivity contribution is 0.0305. The molecule has 0 bridgehead atoms. The first-order valence-corrected chi connectivity index (χ1v) is 6.22. The zero-order chi connectivity index (χ0) is 15.3. The number of anilines is 1. The normalized spacial score (nSPS) is 11.0. The second-order valence-electron chi connectivity index (χ2n) is 5.32. The SMILES string of the molecule is CN(CCNc1nc[nH]c1C(N)=O)C(=O)OC(C)(C)C. The van der Waals surface area contributed by atoms with Crippen LogP contribution in [0.15, 0.2) is 6.33 Å². The molecular formula is C12H21N5O3. The molecule has 0 spiro atoms. The number of nitrogens with zero attached hydrogens (tertiary/aromatic N) is 2. The van der Waals surface area contributed by atoms with Gasteiger partial charge in [-0.2, -0.15) is 0 Å². The maximum atomic E-state index is 11.7. The number of H-pyrrole nitrogens is 1. The van der Waals surface area contributed by atoms with Gasteiger partial charge in [0, 0.05) is 20.1 Å². The maximum absolute atomic E-state index is 11.7. The van der Waals surface area contributed by atoms with E-state index in [1.165, 1.54) is 11.2 Å². The molecule has 8 heteroatoms. The molecule has 20 heavy (non-hydrogen) atoms. The first kappa shape index (κ1) is 15.8. The maximum Gasteiger partial charge on any atom is 0.410 e. The Bertz CT molecular complexity index is 478. The first-order valence-electron chi connectivity index (χ1n) is 6.22. The lowest BCUT2D eigenvalue weighted by Gasteiger charge is -2.24. The van der Waals surface area contributed by atoms with E-state index in [0.717, 1.165) is 0 Å². The lowest BCUT2D eigenvalue weighted by atomic mass is 10.2. The van der Waals surface area contributed by atoms with E-state index in [1.54, 1.807) is 27.8 Å². The molecular weight excluding hydrogens is 262 g/mol. The van der Waals surface area contributed by atoms with Crippen molar-refractivity contribution < 1.29 is 14.3 Å². The molecule has 0 aliphatic carbocycles. The van der Waals surface area contributed by atoms with Gasteiger partial charge in [-0.1, -0.05) is 0 Å². The lowest BCUT2D eigenvalue weighted by Crippen LogP contribution is -2.36. The van der Waals surface area contributed by atoms with Crippen LogP contribution in [0.2, 0.25) is 0 Å². The Labute approximate surface area is 117 Å². The number of nitrogens with two attached hydrogens (primary N) is 1. The summed E-state index contributed by atoms with van der Waals surface area (Å²) < 4.78 is 5.21. The first-order chi connectivity index (χ1) is 9.20. The van der Waals surface area contributed by atoms with Gasteiger partial charge in [0.2, 0.25) is 0 Å². The number of imidazole rings is 1. The van der Waals surface area contributed by atoms with E-state index >= 15 is 0 Å². The van der Waals surface area contributed by atoms with E-state index in [9.17, 15) is 9.59 Å². The zero-order valence-corrected chi connectivity index (χ0v) is 12.2. The third kappa shape index (κ3) is 4.79. The topological polar surface area (TPSA) is 113 Å². The Kier molecular flexibility index (Phi) is 4.95. The van der Waals surface area contributed by atoms with Gasteiger partial charge in [0.25, 0.3) is 5.91 Å². The largest absolute Gasteiger partial charge is 0.444 e. The van der Waals surface area contributed by atoms with Crippen molar-refractivity contribution in [2.45, 2.75) is 26.4 Å². The van der Waals surface area contributed by atoms with Gasteiger partial charge in [-0.3, -0.25) is 4.79 Å². The Morgan fingerprint density at radius 2 is 2.15 bits per heavy atom. The third-order valence-corrected chi connectivity index (χ3v) is 2.33. The van der Waals surface area contributed by atoms with Crippen LogP contribution in [0.4, 0.5) is 10.6 Å². The average molecular weight is 283 g/mol.